The van der Waals surface area contributed by atoms with Crippen LogP contribution in [-0.4, -0.2) is 23.9 Å². The first-order chi connectivity index (χ1) is 8.25. The molecule has 3 nitrogen and oxygen atoms in total. The van der Waals surface area contributed by atoms with Gasteiger partial charge in [-0.15, -0.1) is 0 Å². The molecule has 1 fully saturated rings. The Hall–Kier alpha value is -0.900. The summed E-state index contributed by atoms with van der Waals surface area (Å²) >= 11 is 0. The van der Waals surface area contributed by atoms with Crippen LogP contribution in [0.3, 0.4) is 0 Å². The van der Waals surface area contributed by atoms with E-state index in [0.717, 1.165) is 19.4 Å². The van der Waals surface area contributed by atoms with Crippen LogP contribution in [-0.2, 0) is 16.2 Å². The van der Waals surface area contributed by atoms with E-state index in [9.17, 15) is 0 Å². The first-order valence-electron chi connectivity index (χ1n) is 6.34. The summed E-state index contributed by atoms with van der Waals surface area (Å²) in [6.07, 6.45) is 2.58. The molecule has 94 valence electrons. The Balaban J connectivity index is 1.82. The Bertz CT molecular complexity index is 326. The lowest BCUT2D eigenvalue weighted by Crippen LogP contribution is -2.33. The molecule has 1 aliphatic rings. The van der Waals surface area contributed by atoms with E-state index >= 15 is 0 Å². The average molecular weight is 235 g/mol. The van der Waals surface area contributed by atoms with Crippen LogP contribution in [0.4, 0.5) is 0 Å². The van der Waals surface area contributed by atoms with Crippen molar-refractivity contribution in [2.75, 3.05) is 6.54 Å². The molecule has 0 aromatic heterocycles. The summed E-state index contributed by atoms with van der Waals surface area (Å²) in [6, 6.07) is 10.2. The maximum atomic E-state index is 5.81. The maximum Gasteiger partial charge on any atom is 0.133 e. The molecule has 1 aromatic carbocycles. The van der Waals surface area contributed by atoms with E-state index in [0.29, 0.717) is 6.61 Å². The van der Waals surface area contributed by atoms with Crippen molar-refractivity contribution in [1.29, 1.82) is 0 Å². The molecular formula is C14H21NO2. The minimum atomic E-state index is 0.124. The topological polar surface area (TPSA) is 21.7 Å². The molecule has 2 rings (SSSR count). The SMILES string of the molecule is CC(C)OC1CCCN1OCc1ccccc1. The third kappa shape index (κ3) is 3.80. The average Bonchev–Trinajstić information content (AvgIpc) is 2.74. The van der Waals surface area contributed by atoms with Gasteiger partial charge in [-0.1, -0.05) is 30.3 Å². The molecule has 0 spiro atoms. The first-order valence-corrected chi connectivity index (χ1v) is 6.34. The van der Waals surface area contributed by atoms with Gasteiger partial charge in [-0.2, -0.15) is 5.06 Å². The first kappa shape index (κ1) is 12.6. The third-order valence-corrected chi connectivity index (χ3v) is 2.82. The minimum absolute atomic E-state index is 0.124. The zero-order valence-corrected chi connectivity index (χ0v) is 10.6. The Morgan fingerprint density at radius 3 is 2.76 bits per heavy atom. The lowest BCUT2D eigenvalue weighted by molar-refractivity contribution is -0.248. The van der Waals surface area contributed by atoms with Crippen LogP contribution < -0.4 is 0 Å². The van der Waals surface area contributed by atoms with Gasteiger partial charge in [0.25, 0.3) is 0 Å². The molecule has 0 bridgehead atoms. The van der Waals surface area contributed by atoms with Crippen molar-refractivity contribution in [2.24, 2.45) is 0 Å². The highest BCUT2D eigenvalue weighted by molar-refractivity contribution is 5.13. The number of rotatable bonds is 5. The Labute approximate surface area is 103 Å². The zero-order valence-electron chi connectivity index (χ0n) is 10.6. The molecule has 1 unspecified atom stereocenters. The number of ether oxygens (including phenoxy) is 1. The fourth-order valence-electron chi connectivity index (χ4n) is 2.04. The summed E-state index contributed by atoms with van der Waals surface area (Å²) in [5.74, 6) is 0. The highest BCUT2D eigenvalue weighted by Crippen LogP contribution is 2.20. The summed E-state index contributed by atoms with van der Waals surface area (Å²) in [4.78, 5) is 5.81. The van der Waals surface area contributed by atoms with E-state index in [-0.39, 0.29) is 12.3 Å². The smallest absolute Gasteiger partial charge is 0.133 e. The highest BCUT2D eigenvalue weighted by Gasteiger charge is 2.26. The predicted molar refractivity (Wildman–Crippen MR) is 67.2 cm³/mol. The molecule has 0 saturated carbocycles. The highest BCUT2D eigenvalue weighted by atomic mass is 16.7. The Morgan fingerprint density at radius 1 is 1.29 bits per heavy atom. The summed E-state index contributed by atoms with van der Waals surface area (Å²) in [6.45, 7) is 5.71. The van der Waals surface area contributed by atoms with E-state index in [1.165, 1.54) is 5.56 Å². The zero-order chi connectivity index (χ0) is 12.1. The van der Waals surface area contributed by atoms with Crippen LogP contribution >= 0.6 is 0 Å². The van der Waals surface area contributed by atoms with Gasteiger partial charge in [0.1, 0.15) is 6.23 Å². The number of nitrogens with zero attached hydrogens (tertiary/aromatic N) is 1. The quantitative estimate of drug-likeness (QED) is 0.783. The van der Waals surface area contributed by atoms with Crippen molar-refractivity contribution >= 4 is 0 Å². The second kappa shape index (κ2) is 6.15. The van der Waals surface area contributed by atoms with Crippen LogP contribution in [0.5, 0.6) is 0 Å². The van der Waals surface area contributed by atoms with Gasteiger partial charge in [0.2, 0.25) is 0 Å². The summed E-state index contributed by atoms with van der Waals surface area (Å²) in [5, 5.41) is 1.98. The van der Waals surface area contributed by atoms with Crippen LogP contribution in [0.2, 0.25) is 0 Å². The van der Waals surface area contributed by atoms with Crippen LogP contribution in [0.1, 0.15) is 32.3 Å². The molecule has 3 heteroatoms. The number of hydrogen-bond acceptors (Lipinski definition) is 3. The molecule has 0 aliphatic carbocycles. The molecule has 1 heterocycles. The molecule has 1 aromatic rings. The van der Waals surface area contributed by atoms with Crippen LogP contribution in [0.15, 0.2) is 30.3 Å². The fourth-order valence-corrected chi connectivity index (χ4v) is 2.04. The standard InChI is InChI=1S/C14H21NO2/c1-12(2)17-14-9-6-10-15(14)16-11-13-7-4-3-5-8-13/h3-5,7-8,12,14H,6,9-11H2,1-2H3. The van der Waals surface area contributed by atoms with Gasteiger partial charge in [0, 0.05) is 6.54 Å². The van der Waals surface area contributed by atoms with Crippen LogP contribution in [0, 0.1) is 0 Å². The molecule has 0 amide bonds. The normalized spacial score (nSPS) is 21.2. The van der Waals surface area contributed by atoms with Gasteiger partial charge in [-0.25, -0.2) is 0 Å². The fraction of sp³-hybridized carbons (Fsp3) is 0.571. The number of hydroxylamine groups is 2. The lowest BCUT2D eigenvalue weighted by Gasteiger charge is -2.25. The Kier molecular flexibility index (Phi) is 4.54. The number of hydrogen-bond donors (Lipinski definition) is 0. The van der Waals surface area contributed by atoms with E-state index in [1.54, 1.807) is 0 Å². The van der Waals surface area contributed by atoms with E-state index in [1.807, 2.05) is 23.3 Å². The largest absolute Gasteiger partial charge is 0.358 e. The monoisotopic (exact) mass is 235 g/mol. The third-order valence-electron chi connectivity index (χ3n) is 2.82. The summed E-state index contributed by atoms with van der Waals surface area (Å²) in [7, 11) is 0. The molecule has 0 radical (unpaired) electrons. The van der Waals surface area contributed by atoms with Gasteiger partial charge in [0.15, 0.2) is 0 Å². The van der Waals surface area contributed by atoms with Crippen molar-refractivity contribution < 1.29 is 9.57 Å². The predicted octanol–water partition coefficient (Wildman–Crippen LogP) is 2.97. The van der Waals surface area contributed by atoms with Gasteiger partial charge < -0.3 is 4.74 Å². The van der Waals surface area contributed by atoms with Crippen molar-refractivity contribution in [1.82, 2.24) is 5.06 Å². The maximum absolute atomic E-state index is 5.81. The summed E-state index contributed by atoms with van der Waals surface area (Å²) < 4.78 is 5.81. The van der Waals surface area contributed by atoms with Gasteiger partial charge in [0.05, 0.1) is 12.7 Å². The van der Waals surface area contributed by atoms with Gasteiger partial charge in [-0.3, -0.25) is 4.84 Å². The second-order valence-electron chi connectivity index (χ2n) is 4.68. The van der Waals surface area contributed by atoms with Crippen LogP contribution in [0.25, 0.3) is 0 Å². The Morgan fingerprint density at radius 2 is 2.06 bits per heavy atom. The molecule has 1 atom stereocenters. The van der Waals surface area contributed by atoms with Gasteiger partial charge >= 0.3 is 0 Å². The van der Waals surface area contributed by atoms with Crippen molar-refractivity contribution in [3.8, 4) is 0 Å². The van der Waals surface area contributed by atoms with Crippen molar-refractivity contribution in [3.05, 3.63) is 35.9 Å². The second-order valence-corrected chi connectivity index (χ2v) is 4.68. The molecular weight excluding hydrogens is 214 g/mol. The van der Waals surface area contributed by atoms with E-state index in [4.69, 9.17) is 9.57 Å². The lowest BCUT2D eigenvalue weighted by atomic mass is 10.2. The molecule has 1 saturated heterocycles. The molecule has 17 heavy (non-hydrogen) atoms. The van der Waals surface area contributed by atoms with E-state index in [2.05, 4.69) is 26.0 Å². The van der Waals surface area contributed by atoms with Gasteiger partial charge in [-0.05, 0) is 32.3 Å². The summed E-state index contributed by atoms with van der Waals surface area (Å²) in [5.41, 5.74) is 1.20. The number of benzene rings is 1. The molecule has 0 N–H and O–H groups in total. The molecule has 1 aliphatic heterocycles. The van der Waals surface area contributed by atoms with Crippen molar-refractivity contribution in [2.45, 2.75) is 45.6 Å². The van der Waals surface area contributed by atoms with E-state index < -0.39 is 0 Å². The minimum Gasteiger partial charge on any atom is -0.358 e. The van der Waals surface area contributed by atoms with Crippen molar-refractivity contribution in [3.63, 3.8) is 0 Å².